The number of quaternary nitrogens is 1. The second kappa shape index (κ2) is 9.43. The van der Waals surface area contributed by atoms with Crippen molar-refractivity contribution in [1.82, 2.24) is 10.2 Å². The van der Waals surface area contributed by atoms with Crippen molar-refractivity contribution in [3.05, 3.63) is 52.5 Å². The van der Waals surface area contributed by atoms with Gasteiger partial charge in [0.2, 0.25) is 5.91 Å². The fraction of sp³-hybridized carbons (Fsp3) is 0.316. The number of rotatable bonds is 6. The Balaban J connectivity index is 1.38. The van der Waals surface area contributed by atoms with Gasteiger partial charge >= 0.3 is 0 Å². The Morgan fingerprint density at radius 1 is 1.14 bits per heavy atom. The molecular weight excluding hydrogens is 383 g/mol. The predicted molar refractivity (Wildman–Crippen MR) is 104 cm³/mol. The molecule has 2 aromatic rings. The van der Waals surface area contributed by atoms with E-state index in [1.54, 1.807) is 29.2 Å². The number of anilines is 1. The maximum Gasteiger partial charge on any atom is 0.279 e. The average Bonchev–Trinajstić information content (AvgIpc) is 3.21. The highest BCUT2D eigenvalue weighted by molar-refractivity contribution is 7.12. The average molecular weight is 405 g/mol. The first-order valence-corrected chi connectivity index (χ1v) is 9.87. The third-order valence-corrected chi connectivity index (χ3v) is 5.36. The van der Waals surface area contributed by atoms with Crippen molar-refractivity contribution in [1.29, 1.82) is 0 Å². The van der Waals surface area contributed by atoms with Crippen LogP contribution in [0, 0.1) is 5.82 Å². The summed E-state index contributed by atoms with van der Waals surface area (Å²) < 4.78 is 13.2. The molecule has 1 fully saturated rings. The Morgan fingerprint density at radius 3 is 2.61 bits per heavy atom. The van der Waals surface area contributed by atoms with E-state index in [1.165, 1.54) is 23.5 Å². The molecule has 148 valence electrons. The number of benzene rings is 1. The third-order valence-electron chi connectivity index (χ3n) is 4.49. The Morgan fingerprint density at radius 2 is 1.93 bits per heavy atom. The summed E-state index contributed by atoms with van der Waals surface area (Å²) >= 11 is 1.33. The van der Waals surface area contributed by atoms with E-state index in [1.807, 2.05) is 5.38 Å². The number of carbonyl (C=O) groups excluding carboxylic acids is 3. The van der Waals surface area contributed by atoms with Crippen LogP contribution in [-0.2, 0) is 9.59 Å². The van der Waals surface area contributed by atoms with Gasteiger partial charge in [-0.3, -0.25) is 14.4 Å². The largest absolute Gasteiger partial charge is 0.342 e. The normalized spacial score (nSPS) is 14.5. The summed E-state index contributed by atoms with van der Waals surface area (Å²) in [6, 6.07) is 9.26. The van der Waals surface area contributed by atoms with Gasteiger partial charge in [-0.05, 0) is 29.6 Å². The lowest BCUT2D eigenvalue weighted by Gasteiger charge is -2.31. The number of hydrogen-bond donors (Lipinski definition) is 3. The summed E-state index contributed by atoms with van der Waals surface area (Å²) in [7, 11) is 0. The van der Waals surface area contributed by atoms with Crippen molar-refractivity contribution in [3.63, 3.8) is 0 Å². The molecule has 0 unspecified atom stereocenters. The third kappa shape index (κ3) is 5.61. The highest BCUT2D eigenvalue weighted by atomic mass is 32.1. The number of carbonyl (C=O) groups is 3. The van der Waals surface area contributed by atoms with Gasteiger partial charge in [0.1, 0.15) is 5.82 Å². The van der Waals surface area contributed by atoms with Crippen LogP contribution in [0.5, 0.6) is 0 Å². The SMILES string of the molecule is O=C(C[NH+]1CCN(C(=O)CNC(=O)c2cccs2)CC1)Nc1cccc(F)c1. The molecule has 1 aromatic carbocycles. The van der Waals surface area contributed by atoms with E-state index in [-0.39, 0.29) is 30.8 Å². The number of hydrogen-bond acceptors (Lipinski definition) is 4. The van der Waals surface area contributed by atoms with Crippen molar-refractivity contribution in [3.8, 4) is 0 Å². The van der Waals surface area contributed by atoms with E-state index in [0.717, 1.165) is 4.90 Å². The van der Waals surface area contributed by atoms with Crippen molar-refractivity contribution >= 4 is 34.7 Å². The quantitative estimate of drug-likeness (QED) is 0.632. The molecule has 2 heterocycles. The first-order valence-electron chi connectivity index (χ1n) is 9.00. The van der Waals surface area contributed by atoms with Gasteiger partial charge in [-0.25, -0.2) is 4.39 Å². The van der Waals surface area contributed by atoms with Crippen LogP contribution in [-0.4, -0.2) is 61.9 Å². The van der Waals surface area contributed by atoms with E-state index < -0.39 is 5.82 Å². The minimum atomic E-state index is -0.400. The first kappa shape index (κ1) is 20.0. The smallest absolute Gasteiger partial charge is 0.279 e. The number of thiophene rings is 1. The number of nitrogens with one attached hydrogen (secondary N) is 3. The van der Waals surface area contributed by atoms with E-state index >= 15 is 0 Å². The first-order chi connectivity index (χ1) is 13.5. The minimum Gasteiger partial charge on any atom is -0.342 e. The molecule has 3 amide bonds. The van der Waals surface area contributed by atoms with Gasteiger partial charge in [-0.15, -0.1) is 11.3 Å². The fourth-order valence-electron chi connectivity index (χ4n) is 3.01. The van der Waals surface area contributed by atoms with Crippen LogP contribution >= 0.6 is 11.3 Å². The zero-order chi connectivity index (χ0) is 19.9. The van der Waals surface area contributed by atoms with Gasteiger partial charge in [-0.1, -0.05) is 12.1 Å². The molecule has 1 aliphatic heterocycles. The molecule has 3 rings (SSSR count). The number of piperazine rings is 1. The van der Waals surface area contributed by atoms with Gasteiger partial charge in [0.15, 0.2) is 6.54 Å². The highest BCUT2D eigenvalue weighted by Crippen LogP contribution is 2.08. The Labute approximate surface area is 166 Å². The van der Waals surface area contributed by atoms with Crippen LogP contribution < -0.4 is 15.5 Å². The summed E-state index contributed by atoms with van der Waals surface area (Å²) in [5.41, 5.74) is 0.430. The summed E-state index contributed by atoms with van der Waals surface area (Å²) in [5.74, 6) is -0.971. The Kier molecular flexibility index (Phi) is 6.72. The molecule has 28 heavy (non-hydrogen) atoms. The molecule has 9 heteroatoms. The van der Waals surface area contributed by atoms with Crippen LogP contribution in [0.3, 0.4) is 0 Å². The molecule has 3 N–H and O–H groups in total. The number of amides is 3. The number of halogens is 1. The molecule has 0 bridgehead atoms. The molecule has 1 saturated heterocycles. The molecule has 0 saturated carbocycles. The lowest BCUT2D eigenvalue weighted by molar-refractivity contribution is -0.895. The van der Waals surface area contributed by atoms with Gasteiger partial charge in [0.25, 0.3) is 11.8 Å². The van der Waals surface area contributed by atoms with Gasteiger partial charge in [0, 0.05) is 5.69 Å². The van der Waals surface area contributed by atoms with Crippen LogP contribution in [0.25, 0.3) is 0 Å². The summed E-state index contributed by atoms with van der Waals surface area (Å²) in [6.45, 7) is 2.55. The molecule has 0 aliphatic carbocycles. The lowest BCUT2D eigenvalue weighted by atomic mass is 10.3. The number of nitrogens with zero attached hydrogens (tertiary/aromatic N) is 1. The van der Waals surface area contributed by atoms with Crippen molar-refractivity contribution < 1.29 is 23.7 Å². The Bertz CT molecular complexity index is 835. The summed E-state index contributed by atoms with van der Waals surface area (Å²) in [5, 5.41) is 7.13. The van der Waals surface area contributed by atoms with Gasteiger partial charge < -0.3 is 20.4 Å². The Hall–Kier alpha value is -2.78. The van der Waals surface area contributed by atoms with Crippen LogP contribution in [0.1, 0.15) is 9.67 Å². The monoisotopic (exact) mass is 405 g/mol. The van der Waals surface area contributed by atoms with Crippen molar-refractivity contribution in [2.45, 2.75) is 0 Å². The minimum absolute atomic E-state index is 0.0356. The van der Waals surface area contributed by atoms with Crippen LogP contribution in [0.4, 0.5) is 10.1 Å². The zero-order valence-corrected chi connectivity index (χ0v) is 16.1. The van der Waals surface area contributed by atoms with Crippen LogP contribution in [0.15, 0.2) is 41.8 Å². The van der Waals surface area contributed by atoms with Gasteiger partial charge in [-0.2, -0.15) is 0 Å². The van der Waals surface area contributed by atoms with Crippen molar-refractivity contribution in [2.24, 2.45) is 0 Å². The summed E-state index contributed by atoms with van der Waals surface area (Å²) in [6.07, 6.45) is 0. The topological polar surface area (TPSA) is 83.0 Å². The second-order valence-electron chi connectivity index (χ2n) is 6.53. The maximum absolute atomic E-state index is 13.2. The van der Waals surface area contributed by atoms with E-state index in [2.05, 4.69) is 10.6 Å². The molecule has 0 atom stereocenters. The fourth-order valence-corrected chi connectivity index (χ4v) is 3.65. The molecule has 7 nitrogen and oxygen atoms in total. The van der Waals surface area contributed by atoms with E-state index in [9.17, 15) is 18.8 Å². The molecule has 1 aliphatic rings. The van der Waals surface area contributed by atoms with E-state index in [0.29, 0.717) is 36.7 Å². The van der Waals surface area contributed by atoms with Crippen LogP contribution in [0.2, 0.25) is 0 Å². The predicted octanol–water partition coefficient (Wildman–Crippen LogP) is -0.0172. The van der Waals surface area contributed by atoms with Crippen molar-refractivity contribution in [2.75, 3.05) is 44.6 Å². The second-order valence-corrected chi connectivity index (χ2v) is 7.47. The molecule has 0 radical (unpaired) electrons. The van der Waals surface area contributed by atoms with E-state index in [4.69, 9.17) is 0 Å². The summed E-state index contributed by atoms with van der Waals surface area (Å²) in [4.78, 5) is 39.6. The van der Waals surface area contributed by atoms with Gasteiger partial charge in [0.05, 0.1) is 37.6 Å². The highest BCUT2D eigenvalue weighted by Gasteiger charge is 2.25. The molecule has 0 spiro atoms. The molecular formula is C19H22FN4O3S+. The maximum atomic E-state index is 13.2. The molecule has 1 aromatic heterocycles. The lowest BCUT2D eigenvalue weighted by Crippen LogP contribution is -3.15. The zero-order valence-electron chi connectivity index (χ0n) is 15.2. The standard InChI is InChI=1S/C19H21FN4O3S/c20-14-3-1-4-15(11-14)22-17(25)13-23-6-8-24(9-7-23)18(26)12-21-19(27)16-5-2-10-28-16/h1-5,10-11H,6-9,12-13H2,(H,21,27)(H,22,25)/p+1.